The molecule has 1 aromatic rings. The SMILES string of the molecule is Cc1cc(C(=O)O)cc(O)c(=O)c1. The Morgan fingerprint density at radius 1 is 1.31 bits per heavy atom. The fourth-order valence-electron chi connectivity index (χ4n) is 0.951. The van der Waals surface area contributed by atoms with Crippen LogP contribution >= 0.6 is 0 Å². The van der Waals surface area contributed by atoms with Crippen LogP contribution in [0.3, 0.4) is 0 Å². The Morgan fingerprint density at radius 3 is 2.46 bits per heavy atom. The predicted octanol–water partition coefficient (Wildman–Crippen LogP) is 0.759. The van der Waals surface area contributed by atoms with Gasteiger partial charge in [-0.1, -0.05) is 0 Å². The summed E-state index contributed by atoms with van der Waals surface area (Å²) in [6, 6.07) is 3.45. The highest BCUT2D eigenvalue weighted by atomic mass is 16.4. The Bertz CT molecular complexity index is 409. The van der Waals surface area contributed by atoms with Gasteiger partial charge in [-0.3, -0.25) is 4.79 Å². The van der Waals surface area contributed by atoms with Crippen molar-refractivity contribution in [3.63, 3.8) is 0 Å². The number of aromatic carboxylic acids is 1. The van der Waals surface area contributed by atoms with Crippen molar-refractivity contribution >= 4 is 5.97 Å². The smallest absolute Gasteiger partial charge is 0.335 e. The summed E-state index contributed by atoms with van der Waals surface area (Å²) in [5.41, 5.74) is -0.176. The van der Waals surface area contributed by atoms with E-state index < -0.39 is 17.1 Å². The number of rotatable bonds is 1. The summed E-state index contributed by atoms with van der Waals surface area (Å²) in [5, 5.41) is 17.7. The monoisotopic (exact) mass is 180 g/mol. The maximum Gasteiger partial charge on any atom is 0.335 e. The zero-order valence-electron chi connectivity index (χ0n) is 6.94. The molecule has 0 fully saturated rings. The molecule has 0 aliphatic rings. The van der Waals surface area contributed by atoms with Crippen LogP contribution in [-0.4, -0.2) is 16.2 Å². The van der Waals surface area contributed by atoms with Crippen molar-refractivity contribution in [2.75, 3.05) is 0 Å². The van der Waals surface area contributed by atoms with Crippen LogP contribution in [0.5, 0.6) is 5.75 Å². The minimum Gasteiger partial charge on any atom is -0.504 e. The van der Waals surface area contributed by atoms with E-state index in [1.54, 1.807) is 6.92 Å². The molecule has 1 aromatic carbocycles. The number of carboxylic acids is 1. The van der Waals surface area contributed by atoms with Crippen LogP contribution < -0.4 is 5.43 Å². The molecule has 0 bridgehead atoms. The fraction of sp³-hybridized carbons (Fsp3) is 0.111. The van der Waals surface area contributed by atoms with Crippen molar-refractivity contribution in [2.45, 2.75) is 6.92 Å². The minimum absolute atomic E-state index is 0.0999. The second-order valence-electron chi connectivity index (χ2n) is 2.69. The molecule has 0 aliphatic carbocycles. The van der Waals surface area contributed by atoms with Gasteiger partial charge in [-0.05, 0) is 30.7 Å². The molecule has 0 saturated heterocycles. The van der Waals surface area contributed by atoms with E-state index in [0.29, 0.717) is 5.56 Å². The summed E-state index contributed by atoms with van der Waals surface area (Å²) < 4.78 is 0. The van der Waals surface area contributed by atoms with E-state index >= 15 is 0 Å². The molecule has 0 spiro atoms. The van der Waals surface area contributed by atoms with Gasteiger partial charge in [0.25, 0.3) is 0 Å². The van der Waals surface area contributed by atoms with E-state index in [4.69, 9.17) is 10.2 Å². The Balaban J connectivity index is 3.53. The van der Waals surface area contributed by atoms with Crippen molar-refractivity contribution in [3.05, 3.63) is 39.5 Å². The molecule has 4 heteroatoms. The standard InChI is InChI=1S/C9H8O4/c1-5-2-6(9(12)13)4-8(11)7(10)3-5/h2-4H,1H3,(H,10,11)(H,12,13). The van der Waals surface area contributed by atoms with E-state index in [1.807, 2.05) is 0 Å². The first-order chi connectivity index (χ1) is 6.00. The van der Waals surface area contributed by atoms with Crippen LogP contribution in [-0.2, 0) is 0 Å². The van der Waals surface area contributed by atoms with Crippen molar-refractivity contribution in [3.8, 4) is 5.75 Å². The van der Waals surface area contributed by atoms with Crippen LogP contribution in [0, 0.1) is 6.92 Å². The molecular formula is C9H8O4. The summed E-state index contributed by atoms with van der Waals surface area (Å²) in [6.45, 7) is 1.59. The average molecular weight is 180 g/mol. The normalized spacial score (nSPS) is 9.62. The van der Waals surface area contributed by atoms with Crippen molar-refractivity contribution in [1.29, 1.82) is 0 Å². The Hall–Kier alpha value is -1.84. The number of aryl methyl sites for hydroxylation is 1. The van der Waals surface area contributed by atoms with Crippen molar-refractivity contribution < 1.29 is 15.0 Å². The van der Waals surface area contributed by atoms with E-state index in [1.165, 1.54) is 12.1 Å². The molecule has 4 nitrogen and oxygen atoms in total. The zero-order valence-corrected chi connectivity index (χ0v) is 6.94. The number of aromatic hydroxyl groups is 1. The summed E-state index contributed by atoms with van der Waals surface area (Å²) in [4.78, 5) is 21.5. The molecule has 0 saturated carbocycles. The molecular weight excluding hydrogens is 172 g/mol. The lowest BCUT2D eigenvalue weighted by atomic mass is 10.2. The Kier molecular flexibility index (Phi) is 2.32. The lowest BCUT2D eigenvalue weighted by molar-refractivity contribution is 0.0696. The summed E-state index contributed by atoms with van der Waals surface area (Å²) in [5.74, 6) is -1.72. The predicted molar refractivity (Wildman–Crippen MR) is 46.1 cm³/mol. The largest absolute Gasteiger partial charge is 0.504 e. The van der Waals surface area contributed by atoms with Gasteiger partial charge in [0.15, 0.2) is 5.75 Å². The lowest BCUT2D eigenvalue weighted by Crippen LogP contribution is -1.95. The maximum absolute atomic E-state index is 11.0. The quantitative estimate of drug-likeness (QED) is 0.669. The first kappa shape index (κ1) is 9.25. The summed E-state index contributed by atoms with van der Waals surface area (Å²) in [7, 11) is 0. The highest BCUT2D eigenvalue weighted by Gasteiger charge is 2.04. The van der Waals surface area contributed by atoms with Gasteiger partial charge in [0.05, 0.1) is 5.56 Å². The van der Waals surface area contributed by atoms with Gasteiger partial charge in [-0.2, -0.15) is 0 Å². The van der Waals surface area contributed by atoms with Gasteiger partial charge < -0.3 is 10.2 Å². The zero-order chi connectivity index (χ0) is 10.0. The molecule has 0 atom stereocenters. The maximum atomic E-state index is 11.0. The molecule has 0 aliphatic heterocycles. The summed E-state index contributed by atoms with van der Waals surface area (Å²) in [6.07, 6.45) is 0. The molecule has 0 aromatic heterocycles. The average Bonchev–Trinajstić information content (AvgIpc) is 2.12. The van der Waals surface area contributed by atoms with Gasteiger partial charge in [-0.25, -0.2) is 4.79 Å². The molecule has 1 rings (SSSR count). The van der Waals surface area contributed by atoms with E-state index in [-0.39, 0.29) is 5.56 Å². The van der Waals surface area contributed by atoms with Crippen LogP contribution in [0.2, 0.25) is 0 Å². The molecule has 0 unspecified atom stereocenters. The van der Waals surface area contributed by atoms with Gasteiger partial charge in [0, 0.05) is 0 Å². The molecule has 0 heterocycles. The van der Waals surface area contributed by atoms with Crippen LogP contribution in [0.4, 0.5) is 0 Å². The van der Waals surface area contributed by atoms with Crippen molar-refractivity contribution in [1.82, 2.24) is 0 Å². The van der Waals surface area contributed by atoms with Crippen LogP contribution in [0.15, 0.2) is 23.0 Å². The topological polar surface area (TPSA) is 74.6 Å². The third-order valence-electron chi connectivity index (χ3n) is 1.53. The molecule has 0 amide bonds. The fourth-order valence-corrected chi connectivity index (χ4v) is 0.951. The highest BCUT2D eigenvalue weighted by Crippen LogP contribution is 2.06. The third-order valence-corrected chi connectivity index (χ3v) is 1.53. The van der Waals surface area contributed by atoms with Crippen LogP contribution in [0.25, 0.3) is 0 Å². The van der Waals surface area contributed by atoms with Gasteiger partial charge in [-0.15, -0.1) is 0 Å². The van der Waals surface area contributed by atoms with E-state index in [0.717, 1.165) is 6.07 Å². The molecule has 0 radical (unpaired) electrons. The van der Waals surface area contributed by atoms with Gasteiger partial charge in [0.1, 0.15) is 0 Å². The third kappa shape index (κ3) is 2.05. The highest BCUT2D eigenvalue weighted by molar-refractivity contribution is 5.88. The number of hydrogen-bond donors (Lipinski definition) is 2. The van der Waals surface area contributed by atoms with Gasteiger partial charge in [0.2, 0.25) is 5.43 Å². The van der Waals surface area contributed by atoms with Gasteiger partial charge >= 0.3 is 5.97 Å². The number of carbonyl (C=O) groups is 1. The Morgan fingerprint density at radius 2 is 1.92 bits per heavy atom. The van der Waals surface area contributed by atoms with Crippen LogP contribution in [0.1, 0.15) is 15.9 Å². The van der Waals surface area contributed by atoms with Crippen molar-refractivity contribution in [2.24, 2.45) is 0 Å². The van der Waals surface area contributed by atoms with E-state index in [9.17, 15) is 9.59 Å². The number of carboxylic acid groups (broad SMARTS) is 1. The minimum atomic E-state index is -1.17. The molecule has 13 heavy (non-hydrogen) atoms. The summed E-state index contributed by atoms with van der Waals surface area (Å²) >= 11 is 0. The number of hydrogen-bond acceptors (Lipinski definition) is 3. The second-order valence-corrected chi connectivity index (χ2v) is 2.69. The lowest BCUT2D eigenvalue weighted by Gasteiger charge is -1.87. The van der Waals surface area contributed by atoms with E-state index in [2.05, 4.69) is 0 Å². The first-order valence-corrected chi connectivity index (χ1v) is 3.59. The first-order valence-electron chi connectivity index (χ1n) is 3.59. The second kappa shape index (κ2) is 3.26. The Labute approximate surface area is 74.1 Å². The molecule has 68 valence electrons. The molecule has 2 N–H and O–H groups in total.